The number of fused-ring (bicyclic) bond motifs is 1. The molecule has 1 aliphatic heterocycles. The summed E-state index contributed by atoms with van der Waals surface area (Å²) in [7, 11) is 0. The molecule has 158 valence electrons. The van der Waals surface area contributed by atoms with Crippen molar-refractivity contribution in [3.63, 3.8) is 0 Å². The Morgan fingerprint density at radius 3 is 2.63 bits per heavy atom. The van der Waals surface area contributed by atoms with E-state index in [0.29, 0.717) is 56.0 Å². The number of anilines is 2. The van der Waals surface area contributed by atoms with Gasteiger partial charge in [0.25, 0.3) is 0 Å². The van der Waals surface area contributed by atoms with Crippen molar-refractivity contribution in [3.05, 3.63) is 47.5 Å². The summed E-state index contributed by atoms with van der Waals surface area (Å²) in [4.78, 5) is 37.3. The zero-order valence-electron chi connectivity index (χ0n) is 17.3. The molecule has 1 N–H and O–H groups in total. The van der Waals surface area contributed by atoms with E-state index in [-0.39, 0.29) is 35.4 Å². The molecule has 0 radical (unpaired) electrons. The number of carbonyl (C=O) groups is 2. The molecule has 2 aromatic rings. The number of hydrogen-bond acceptors (Lipinski definition) is 6. The smallest absolute Gasteiger partial charge is 0.240 e. The topological polar surface area (TPSA) is 78.4 Å². The molecule has 0 bridgehead atoms. The number of aromatic nitrogens is 2. The number of amides is 1. The summed E-state index contributed by atoms with van der Waals surface area (Å²) in [6.07, 6.45) is 2.67. The quantitative estimate of drug-likeness (QED) is 0.833. The van der Waals surface area contributed by atoms with Gasteiger partial charge in [-0.05, 0) is 24.0 Å². The minimum atomic E-state index is -0.227. The summed E-state index contributed by atoms with van der Waals surface area (Å²) in [6, 6.07) is 6.74. The van der Waals surface area contributed by atoms with Crippen LogP contribution in [0.5, 0.6) is 0 Å². The van der Waals surface area contributed by atoms with Crippen molar-refractivity contribution in [2.24, 2.45) is 5.41 Å². The van der Waals surface area contributed by atoms with Crippen molar-refractivity contribution in [2.45, 2.75) is 26.7 Å². The molecular weight excluding hydrogens is 385 g/mol. The Kier molecular flexibility index (Phi) is 5.51. The summed E-state index contributed by atoms with van der Waals surface area (Å²) in [5.41, 5.74) is 1.70. The number of piperazine rings is 1. The molecule has 1 aromatic heterocycles. The van der Waals surface area contributed by atoms with E-state index in [1.807, 2.05) is 29.7 Å². The lowest BCUT2D eigenvalue weighted by atomic mass is 9.76. The number of nitrogens with zero attached hydrogens (tertiary/aromatic N) is 4. The van der Waals surface area contributed by atoms with Crippen LogP contribution in [0.4, 0.5) is 16.0 Å². The zero-order valence-corrected chi connectivity index (χ0v) is 17.3. The van der Waals surface area contributed by atoms with E-state index < -0.39 is 0 Å². The summed E-state index contributed by atoms with van der Waals surface area (Å²) in [5.74, 6) is -0.147. The van der Waals surface area contributed by atoms with Crippen LogP contribution in [0, 0.1) is 11.2 Å². The number of benzene rings is 1. The Balaban J connectivity index is 1.33. The van der Waals surface area contributed by atoms with Crippen LogP contribution in [0.25, 0.3) is 0 Å². The van der Waals surface area contributed by atoms with Crippen LogP contribution in [-0.2, 0) is 11.2 Å². The Hall–Kier alpha value is -2.87. The predicted octanol–water partition coefficient (Wildman–Crippen LogP) is 2.53. The van der Waals surface area contributed by atoms with Crippen LogP contribution in [0.3, 0.4) is 0 Å². The van der Waals surface area contributed by atoms with E-state index in [1.54, 1.807) is 12.1 Å². The van der Waals surface area contributed by atoms with Crippen molar-refractivity contribution in [1.82, 2.24) is 14.9 Å². The predicted molar refractivity (Wildman–Crippen MR) is 112 cm³/mol. The first-order valence-corrected chi connectivity index (χ1v) is 10.2. The lowest BCUT2D eigenvalue weighted by Crippen LogP contribution is -2.49. The molecule has 0 unspecified atom stereocenters. The van der Waals surface area contributed by atoms with Crippen LogP contribution >= 0.6 is 0 Å². The van der Waals surface area contributed by atoms with Crippen LogP contribution in [0.1, 0.15) is 36.3 Å². The number of para-hydroxylation sites is 1. The summed E-state index contributed by atoms with van der Waals surface area (Å²) >= 11 is 0. The Bertz CT molecular complexity index is 970. The molecule has 7 nitrogen and oxygen atoms in total. The fourth-order valence-corrected chi connectivity index (χ4v) is 4.11. The molecule has 0 saturated carbocycles. The fourth-order valence-electron chi connectivity index (χ4n) is 4.11. The minimum Gasteiger partial charge on any atom is -0.367 e. The molecule has 2 heterocycles. The zero-order chi connectivity index (χ0) is 21.3. The number of Topliss-reactive ketones (excluding diaryl/α,β-unsaturated/α-hetero) is 1. The maximum absolute atomic E-state index is 14.0. The summed E-state index contributed by atoms with van der Waals surface area (Å²) in [6.45, 7) is 6.92. The molecule has 1 aliphatic carbocycles. The fraction of sp³-hybridized carbons (Fsp3) is 0.455. The summed E-state index contributed by atoms with van der Waals surface area (Å²) < 4.78 is 14.0. The highest BCUT2D eigenvalue weighted by molar-refractivity contribution is 5.98. The van der Waals surface area contributed by atoms with E-state index in [1.165, 1.54) is 12.3 Å². The number of hydrogen-bond donors (Lipinski definition) is 1. The van der Waals surface area contributed by atoms with Gasteiger partial charge in [-0.15, -0.1) is 0 Å². The standard InChI is InChI=1S/C22H26FN5O2/c1-22(2)11-17-15(19(29)12-22)13-24-21(25-17)26-20(30)14-27-7-9-28(10-8-27)18-6-4-3-5-16(18)23/h3-6,13H,7-12,14H2,1-2H3,(H,24,25,26,30). The Morgan fingerprint density at radius 2 is 1.90 bits per heavy atom. The van der Waals surface area contributed by atoms with Crippen LogP contribution in [0.2, 0.25) is 0 Å². The van der Waals surface area contributed by atoms with Gasteiger partial charge in [0, 0.05) is 38.8 Å². The van der Waals surface area contributed by atoms with E-state index in [0.717, 1.165) is 0 Å². The second kappa shape index (κ2) is 8.10. The van der Waals surface area contributed by atoms with Crippen molar-refractivity contribution < 1.29 is 14.0 Å². The summed E-state index contributed by atoms with van der Waals surface area (Å²) in [5, 5.41) is 2.75. The lowest BCUT2D eigenvalue weighted by Gasteiger charge is -2.35. The molecule has 8 heteroatoms. The van der Waals surface area contributed by atoms with Crippen molar-refractivity contribution in [1.29, 1.82) is 0 Å². The monoisotopic (exact) mass is 411 g/mol. The van der Waals surface area contributed by atoms with Gasteiger partial charge in [0.2, 0.25) is 11.9 Å². The van der Waals surface area contributed by atoms with E-state index in [4.69, 9.17) is 0 Å². The molecular formula is C22H26FN5O2. The maximum Gasteiger partial charge on any atom is 0.240 e. The second-order valence-corrected chi connectivity index (χ2v) is 8.76. The Morgan fingerprint density at radius 1 is 1.17 bits per heavy atom. The first kappa shape index (κ1) is 20.4. The largest absolute Gasteiger partial charge is 0.367 e. The SMILES string of the molecule is CC1(C)CC(=O)c2cnc(NC(=O)CN3CCN(c4ccccc4F)CC3)nc2C1. The van der Waals surface area contributed by atoms with Gasteiger partial charge in [0.1, 0.15) is 5.82 Å². The second-order valence-electron chi connectivity index (χ2n) is 8.76. The lowest BCUT2D eigenvalue weighted by molar-refractivity contribution is -0.117. The van der Waals surface area contributed by atoms with Crippen molar-refractivity contribution in [3.8, 4) is 0 Å². The van der Waals surface area contributed by atoms with Gasteiger partial charge in [-0.25, -0.2) is 14.4 Å². The molecule has 4 rings (SSSR count). The number of halogens is 1. The normalized spacial score (nSPS) is 18.8. The molecule has 1 fully saturated rings. The number of carbonyl (C=O) groups excluding carboxylic acids is 2. The number of rotatable bonds is 4. The molecule has 0 atom stereocenters. The van der Waals surface area contributed by atoms with Gasteiger partial charge in [0.15, 0.2) is 5.78 Å². The maximum atomic E-state index is 14.0. The van der Waals surface area contributed by atoms with Gasteiger partial charge in [-0.1, -0.05) is 26.0 Å². The van der Waals surface area contributed by atoms with Gasteiger partial charge in [-0.2, -0.15) is 0 Å². The van der Waals surface area contributed by atoms with Gasteiger partial charge in [-0.3, -0.25) is 19.8 Å². The third kappa shape index (κ3) is 4.48. The van der Waals surface area contributed by atoms with Gasteiger partial charge in [0.05, 0.1) is 23.5 Å². The molecule has 0 spiro atoms. The first-order valence-electron chi connectivity index (χ1n) is 10.2. The first-order chi connectivity index (χ1) is 14.3. The number of nitrogens with one attached hydrogen (secondary N) is 1. The van der Waals surface area contributed by atoms with E-state index >= 15 is 0 Å². The van der Waals surface area contributed by atoms with Crippen LogP contribution in [0.15, 0.2) is 30.5 Å². The van der Waals surface area contributed by atoms with Crippen LogP contribution < -0.4 is 10.2 Å². The number of ketones is 1. The average molecular weight is 411 g/mol. The average Bonchev–Trinajstić information content (AvgIpc) is 2.68. The highest BCUT2D eigenvalue weighted by atomic mass is 19.1. The molecule has 2 aliphatic rings. The highest BCUT2D eigenvalue weighted by Crippen LogP contribution is 2.33. The van der Waals surface area contributed by atoms with Crippen molar-refractivity contribution in [2.75, 3.05) is 42.9 Å². The molecule has 1 saturated heterocycles. The minimum absolute atomic E-state index is 0.0480. The van der Waals surface area contributed by atoms with Gasteiger partial charge < -0.3 is 4.90 Å². The van der Waals surface area contributed by atoms with E-state index in [9.17, 15) is 14.0 Å². The van der Waals surface area contributed by atoms with Crippen molar-refractivity contribution >= 4 is 23.3 Å². The van der Waals surface area contributed by atoms with Gasteiger partial charge >= 0.3 is 0 Å². The third-order valence-electron chi connectivity index (χ3n) is 5.64. The molecule has 1 amide bonds. The highest BCUT2D eigenvalue weighted by Gasteiger charge is 2.32. The Labute approximate surface area is 175 Å². The third-order valence-corrected chi connectivity index (χ3v) is 5.64. The van der Waals surface area contributed by atoms with Crippen LogP contribution in [-0.4, -0.2) is 59.3 Å². The molecule has 30 heavy (non-hydrogen) atoms. The van der Waals surface area contributed by atoms with E-state index in [2.05, 4.69) is 15.3 Å². The molecule has 1 aromatic carbocycles.